The van der Waals surface area contributed by atoms with Crippen molar-refractivity contribution in [2.24, 2.45) is 0 Å². The SMILES string of the molecule is S=C1C(=S)C(=S)C(=S)C1=S. The maximum absolute atomic E-state index is 4.86. The van der Waals surface area contributed by atoms with Gasteiger partial charge in [0.2, 0.25) is 0 Å². The van der Waals surface area contributed by atoms with Gasteiger partial charge in [0, 0.05) is 0 Å². The number of thiocarbonyl (C=S) groups is 5. The minimum atomic E-state index is 0.472. The molecular weight excluding hydrogens is 220 g/mol. The van der Waals surface area contributed by atoms with Crippen molar-refractivity contribution in [2.75, 3.05) is 0 Å². The van der Waals surface area contributed by atoms with Gasteiger partial charge < -0.3 is 0 Å². The minimum absolute atomic E-state index is 0.472. The second-order valence-corrected chi connectivity index (χ2v) is 3.69. The first-order valence-electron chi connectivity index (χ1n) is 2.27. The van der Waals surface area contributed by atoms with Gasteiger partial charge in [-0.3, -0.25) is 0 Å². The molecule has 0 aromatic carbocycles. The standard InChI is InChI=1S/C5S5/c6-1-2(7)4(9)5(10)3(1)8. The molecule has 0 spiro atoms. The normalized spacial score (nSPS) is 19.0. The van der Waals surface area contributed by atoms with Crippen LogP contribution >= 0.6 is 61.1 Å². The second kappa shape index (κ2) is 2.83. The minimum Gasteiger partial charge on any atom is -0.0768 e. The molecule has 1 rings (SSSR count). The molecular formula is C5S5. The van der Waals surface area contributed by atoms with Gasteiger partial charge in [-0.05, 0) is 0 Å². The molecule has 1 saturated carbocycles. The largest absolute Gasteiger partial charge is 0.0768 e. The zero-order valence-corrected chi connectivity index (χ0v) is 8.62. The number of hydrogen-bond acceptors (Lipinski definition) is 5. The van der Waals surface area contributed by atoms with Gasteiger partial charge in [-0.1, -0.05) is 61.1 Å². The van der Waals surface area contributed by atoms with Gasteiger partial charge >= 0.3 is 0 Å². The molecule has 50 valence electrons. The molecule has 10 heavy (non-hydrogen) atoms. The van der Waals surface area contributed by atoms with Gasteiger partial charge in [0.15, 0.2) is 0 Å². The van der Waals surface area contributed by atoms with Crippen LogP contribution in [0.3, 0.4) is 0 Å². The summed E-state index contributed by atoms with van der Waals surface area (Å²) in [6, 6.07) is 0. The lowest BCUT2D eigenvalue weighted by atomic mass is 10.4. The molecule has 1 aliphatic rings. The average Bonchev–Trinajstić information content (AvgIpc) is 2.07. The molecule has 0 aliphatic heterocycles. The van der Waals surface area contributed by atoms with Crippen molar-refractivity contribution >= 4 is 85.4 Å². The monoisotopic (exact) mass is 220 g/mol. The van der Waals surface area contributed by atoms with Crippen LogP contribution in [0.25, 0.3) is 0 Å². The van der Waals surface area contributed by atoms with E-state index in [0.29, 0.717) is 24.3 Å². The van der Waals surface area contributed by atoms with Crippen LogP contribution in [0.4, 0.5) is 0 Å². The van der Waals surface area contributed by atoms with Crippen LogP contribution in [0.2, 0.25) is 0 Å². The third-order valence-corrected chi connectivity index (χ3v) is 3.72. The van der Waals surface area contributed by atoms with Crippen LogP contribution in [-0.2, 0) is 0 Å². The van der Waals surface area contributed by atoms with Gasteiger partial charge in [0.1, 0.15) is 0 Å². The van der Waals surface area contributed by atoms with Gasteiger partial charge in [-0.15, -0.1) is 0 Å². The molecule has 0 heterocycles. The molecule has 0 N–H and O–H groups in total. The maximum Gasteiger partial charge on any atom is 0.0768 e. The fraction of sp³-hybridized carbons (Fsp3) is 0. The molecule has 5 heteroatoms. The van der Waals surface area contributed by atoms with Crippen LogP contribution in [0.5, 0.6) is 0 Å². The fourth-order valence-electron chi connectivity index (χ4n) is 0.516. The smallest absolute Gasteiger partial charge is 0.0768 e. The van der Waals surface area contributed by atoms with Crippen LogP contribution < -0.4 is 0 Å². The first kappa shape index (κ1) is 8.55. The predicted octanol–water partition coefficient (Wildman–Crippen LogP) is 1.85. The summed E-state index contributed by atoms with van der Waals surface area (Å²) in [4.78, 5) is 2.36. The number of rotatable bonds is 0. The van der Waals surface area contributed by atoms with E-state index in [0.717, 1.165) is 0 Å². The topological polar surface area (TPSA) is 0 Å². The Labute approximate surface area is 85.0 Å². The van der Waals surface area contributed by atoms with E-state index >= 15 is 0 Å². The van der Waals surface area contributed by atoms with E-state index in [4.69, 9.17) is 61.1 Å². The van der Waals surface area contributed by atoms with Gasteiger partial charge in [-0.2, -0.15) is 0 Å². The van der Waals surface area contributed by atoms with Gasteiger partial charge in [0.05, 0.1) is 24.3 Å². The first-order valence-corrected chi connectivity index (χ1v) is 4.31. The van der Waals surface area contributed by atoms with E-state index in [-0.39, 0.29) is 0 Å². The van der Waals surface area contributed by atoms with E-state index in [1.165, 1.54) is 0 Å². The van der Waals surface area contributed by atoms with Crippen LogP contribution in [0, 0.1) is 0 Å². The zero-order chi connectivity index (χ0) is 7.89. The summed E-state index contributed by atoms with van der Waals surface area (Å²) in [5, 5.41) is 0. The Hall–Kier alpha value is 0.450. The summed E-state index contributed by atoms with van der Waals surface area (Å²) >= 11 is 24.3. The van der Waals surface area contributed by atoms with Crippen LogP contribution in [-0.4, -0.2) is 24.3 Å². The molecule has 1 fully saturated rings. The molecule has 0 atom stereocenters. The Kier molecular flexibility index (Phi) is 2.42. The Balaban J connectivity index is 3.25. The van der Waals surface area contributed by atoms with Crippen molar-refractivity contribution < 1.29 is 0 Å². The zero-order valence-electron chi connectivity index (χ0n) is 4.54. The van der Waals surface area contributed by atoms with Crippen LogP contribution in [0.15, 0.2) is 0 Å². The predicted molar refractivity (Wildman–Crippen MR) is 63.0 cm³/mol. The lowest BCUT2D eigenvalue weighted by molar-refractivity contribution is 3.27. The first-order chi connectivity index (χ1) is 4.55. The molecule has 0 aromatic rings. The van der Waals surface area contributed by atoms with Crippen LogP contribution in [0.1, 0.15) is 0 Å². The summed E-state index contributed by atoms with van der Waals surface area (Å²) in [6.07, 6.45) is 0. The number of hydrogen-bond donors (Lipinski definition) is 0. The summed E-state index contributed by atoms with van der Waals surface area (Å²) in [7, 11) is 0. The Morgan fingerprint density at radius 2 is 0.500 bits per heavy atom. The van der Waals surface area contributed by atoms with Crippen molar-refractivity contribution in [2.45, 2.75) is 0 Å². The quantitative estimate of drug-likeness (QED) is 0.570. The van der Waals surface area contributed by atoms with Crippen molar-refractivity contribution in [3.63, 3.8) is 0 Å². The lowest BCUT2D eigenvalue weighted by Gasteiger charge is -1.83. The molecule has 0 unspecified atom stereocenters. The van der Waals surface area contributed by atoms with E-state index in [1.807, 2.05) is 0 Å². The van der Waals surface area contributed by atoms with Crippen molar-refractivity contribution in [3.8, 4) is 0 Å². The highest BCUT2D eigenvalue weighted by atomic mass is 32.1. The summed E-state index contributed by atoms with van der Waals surface area (Å²) in [6.45, 7) is 0. The Bertz CT molecular complexity index is 195. The van der Waals surface area contributed by atoms with Gasteiger partial charge in [-0.25, -0.2) is 0 Å². The van der Waals surface area contributed by atoms with E-state index in [9.17, 15) is 0 Å². The molecule has 0 radical (unpaired) electrons. The summed E-state index contributed by atoms with van der Waals surface area (Å²) in [5.41, 5.74) is 0. The third-order valence-electron chi connectivity index (χ3n) is 1.03. The van der Waals surface area contributed by atoms with E-state index in [1.54, 1.807) is 0 Å². The highest BCUT2D eigenvalue weighted by molar-refractivity contribution is 8.07. The van der Waals surface area contributed by atoms with E-state index < -0.39 is 0 Å². The third kappa shape index (κ3) is 1.12. The highest BCUT2D eigenvalue weighted by Crippen LogP contribution is 2.08. The maximum atomic E-state index is 4.86. The molecule has 0 bridgehead atoms. The van der Waals surface area contributed by atoms with Crippen molar-refractivity contribution in [1.29, 1.82) is 0 Å². The highest BCUT2D eigenvalue weighted by Gasteiger charge is 2.29. The van der Waals surface area contributed by atoms with Crippen molar-refractivity contribution in [3.05, 3.63) is 0 Å². The summed E-state index contributed by atoms with van der Waals surface area (Å²) in [5.74, 6) is 0. The Morgan fingerprint density at radius 3 is 0.600 bits per heavy atom. The van der Waals surface area contributed by atoms with Crippen molar-refractivity contribution in [1.82, 2.24) is 0 Å². The Morgan fingerprint density at radius 1 is 0.400 bits per heavy atom. The fourth-order valence-corrected chi connectivity index (χ4v) is 1.86. The molecule has 0 aromatic heterocycles. The average molecular weight is 220 g/mol. The second-order valence-electron chi connectivity index (χ2n) is 1.65. The summed E-state index contributed by atoms with van der Waals surface area (Å²) < 4.78 is 0. The molecule has 0 amide bonds. The molecule has 0 nitrogen and oxygen atoms in total. The molecule has 0 saturated heterocycles. The molecule has 1 aliphatic carbocycles. The van der Waals surface area contributed by atoms with Gasteiger partial charge in [0.25, 0.3) is 0 Å². The lowest BCUT2D eigenvalue weighted by Crippen LogP contribution is -2.08. The van der Waals surface area contributed by atoms with E-state index in [2.05, 4.69) is 0 Å².